The third-order valence-corrected chi connectivity index (χ3v) is 4.72. The molecule has 0 saturated heterocycles. The van der Waals surface area contributed by atoms with Crippen LogP contribution in [0.5, 0.6) is 0 Å². The molecule has 10 heteroatoms. The molecule has 2 heterocycles. The van der Waals surface area contributed by atoms with Crippen LogP contribution >= 0.6 is 11.3 Å². The van der Waals surface area contributed by atoms with Gasteiger partial charge in [0.15, 0.2) is 10.8 Å². The highest BCUT2D eigenvalue weighted by Gasteiger charge is 2.21. The van der Waals surface area contributed by atoms with Gasteiger partial charge in [-0.1, -0.05) is 12.1 Å². The number of imidazole rings is 1. The predicted octanol–water partition coefficient (Wildman–Crippen LogP) is 4.50. The monoisotopic (exact) mass is 409 g/mol. The number of rotatable bonds is 5. The molecule has 0 spiro atoms. The van der Waals surface area contributed by atoms with Crippen LogP contribution in [0.4, 0.5) is 15.2 Å². The zero-order chi connectivity index (χ0) is 20.4. The van der Waals surface area contributed by atoms with E-state index < -0.39 is 16.6 Å². The molecular weight excluding hydrogens is 397 g/mol. The molecule has 4 aromatic rings. The van der Waals surface area contributed by atoms with Gasteiger partial charge in [0, 0.05) is 34.8 Å². The van der Waals surface area contributed by atoms with E-state index in [1.165, 1.54) is 53.8 Å². The van der Waals surface area contributed by atoms with Crippen molar-refractivity contribution in [1.29, 1.82) is 0 Å². The molecule has 4 rings (SSSR count). The van der Waals surface area contributed by atoms with E-state index in [9.17, 15) is 19.3 Å². The maximum absolute atomic E-state index is 13.3. The number of nitrogens with one attached hydrogen (secondary N) is 2. The molecular formula is C19H12FN5O3S. The van der Waals surface area contributed by atoms with Gasteiger partial charge in [0.05, 0.1) is 10.6 Å². The first kappa shape index (κ1) is 18.4. The lowest BCUT2D eigenvalue weighted by atomic mass is 10.1. The number of non-ortho nitro benzene ring substituents is 1. The Morgan fingerprint density at radius 3 is 2.66 bits per heavy atom. The third kappa shape index (κ3) is 3.87. The predicted molar refractivity (Wildman–Crippen MR) is 106 cm³/mol. The van der Waals surface area contributed by atoms with Crippen LogP contribution in [0, 0.1) is 15.9 Å². The SMILES string of the molecule is O=C(Nc1nccs1)c1nc(-c2cccc([N+](=O)[O-])c2)[nH]c1-c1ccc(F)cc1. The smallest absolute Gasteiger partial charge is 0.278 e. The van der Waals surface area contributed by atoms with Gasteiger partial charge in [-0.25, -0.2) is 14.4 Å². The summed E-state index contributed by atoms with van der Waals surface area (Å²) in [4.78, 5) is 34.7. The largest absolute Gasteiger partial charge is 0.337 e. The molecule has 0 unspecified atom stereocenters. The Morgan fingerprint density at radius 2 is 1.97 bits per heavy atom. The number of amides is 1. The molecule has 0 radical (unpaired) electrons. The molecule has 1 amide bonds. The summed E-state index contributed by atoms with van der Waals surface area (Å²) in [7, 11) is 0. The normalized spacial score (nSPS) is 10.7. The zero-order valence-corrected chi connectivity index (χ0v) is 15.4. The van der Waals surface area contributed by atoms with Crippen molar-refractivity contribution in [2.45, 2.75) is 0 Å². The molecule has 0 aliphatic carbocycles. The number of carbonyl (C=O) groups excluding carboxylic acids is 1. The van der Waals surface area contributed by atoms with E-state index in [-0.39, 0.29) is 17.2 Å². The number of hydrogen-bond acceptors (Lipinski definition) is 6. The first-order valence-electron chi connectivity index (χ1n) is 8.33. The van der Waals surface area contributed by atoms with E-state index in [1.807, 2.05) is 0 Å². The Labute approximate surface area is 167 Å². The van der Waals surface area contributed by atoms with Crippen molar-refractivity contribution in [2.75, 3.05) is 5.32 Å². The van der Waals surface area contributed by atoms with Gasteiger partial charge in [-0.3, -0.25) is 20.2 Å². The maximum atomic E-state index is 13.3. The number of nitro benzene ring substituents is 1. The molecule has 0 aliphatic heterocycles. The van der Waals surface area contributed by atoms with E-state index in [1.54, 1.807) is 17.6 Å². The minimum absolute atomic E-state index is 0.0633. The summed E-state index contributed by atoms with van der Waals surface area (Å²) in [5, 5.41) is 15.8. The lowest BCUT2D eigenvalue weighted by molar-refractivity contribution is -0.384. The van der Waals surface area contributed by atoms with Crippen molar-refractivity contribution in [1.82, 2.24) is 15.0 Å². The van der Waals surface area contributed by atoms with Gasteiger partial charge in [0.2, 0.25) is 0 Å². The highest BCUT2D eigenvalue weighted by atomic mass is 32.1. The molecule has 8 nitrogen and oxygen atoms in total. The fourth-order valence-electron chi connectivity index (χ4n) is 2.71. The number of nitrogens with zero attached hydrogens (tertiary/aromatic N) is 3. The van der Waals surface area contributed by atoms with Crippen molar-refractivity contribution in [3.05, 3.63) is 81.7 Å². The quantitative estimate of drug-likeness (QED) is 0.372. The van der Waals surface area contributed by atoms with Crippen LogP contribution in [0.2, 0.25) is 0 Å². The summed E-state index contributed by atoms with van der Waals surface area (Å²) in [5.41, 5.74) is 1.31. The second-order valence-electron chi connectivity index (χ2n) is 5.91. The number of thiazole rings is 1. The Bertz CT molecular complexity index is 1190. The van der Waals surface area contributed by atoms with Crippen molar-refractivity contribution in [3.8, 4) is 22.6 Å². The zero-order valence-electron chi connectivity index (χ0n) is 14.6. The van der Waals surface area contributed by atoms with E-state index in [0.717, 1.165) is 0 Å². The number of benzene rings is 2. The van der Waals surface area contributed by atoms with Gasteiger partial charge in [0.1, 0.15) is 11.6 Å². The van der Waals surface area contributed by atoms with Crippen molar-refractivity contribution < 1.29 is 14.1 Å². The fraction of sp³-hybridized carbons (Fsp3) is 0. The Morgan fingerprint density at radius 1 is 1.17 bits per heavy atom. The standard InChI is InChI=1S/C19H12FN5O3S/c20-13-6-4-11(5-7-13)15-16(18(26)24-19-21-8-9-29-19)23-17(22-15)12-2-1-3-14(10-12)25(27)28/h1-10H,(H,22,23)(H,21,24,26). The van der Waals surface area contributed by atoms with Gasteiger partial charge < -0.3 is 4.98 Å². The molecule has 144 valence electrons. The minimum Gasteiger partial charge on any atom is -0.337 e. The Balaban J connectivity index is 1.80. The number of aromatic nitrogens is 3. The summed E-state index contributed by atoms with van der Waals surface area (Å²) in [6, 6.07) is 11.5. The molecule has 2 aromatic heterocycles. The van der Waals surface area contributed by atoms with E-state index >= 15 is 0 Å². The second kappa shape index (κ2) is 7.60. The van der Waals surface area contributed by atoms with E-state index in [4.69, 9.17) is 0 Å². The number of aromatic amines is 1. The maximum Gasteiger partial charge on any atom is 0.278 e. The fourth-order valence-corrected chi connectivity index (χ4v) is 3.23. The molecule has 2 N–H and O–H groups in total. The van der Waals surface area contributed by atoms with E-state index in [2.05, 4.69) is 20.3 Å². The molecule has 0 atom stereocenters. The summed E-state index contributed by atoms with van der Waals surface area (Å²) in [6.07, 6.45) is 1.56. The van der Waals surface area contributed by atoms with Gasteiger partial charge in [0.25, 0.3) is 11.6 Å². The van der Waals surface area contributed by atoms with Gasteiger partial charge in [-0.05, 0) is 24.3 Å². The summed E-state index contributed by atoms with van der Waals surface area (Å²) < 4.78 is 13.3. The minimum atomic E-state index is -0.511. The summed E-state index contributed by atoms with van der Waals surface area (Å²) in [6.45, 7) is 0. The van der Waals surface area contributed by atoms with Crippen LogP contribution in [0.25, 0.3) is 22.6 Å². The van der Waals surface area contributed by atoms with E-state index in [0.29, 0.717) is 22.0 Å². The lowest BCUT2D eigenvalue weighted by Gasteiger charge is -2.03. The number of carbonyl (C=O) groups is 1. The lowest BCUT2D eigenvalue weighted by Crippen LogP contribution is -2.13. The Kier molecular flexibility index (Phi) is 4.83. The third-order valence-electron chi connectivity index (χ3n) is 4.03. The number of halogens is 1. The Hall–Kier alpha value is -3.92. The average Bonchev–Trinajstić information content (AvgIpc) is 3.38. The van der Waals surface area contributed by atoms with Crippen molar-refractivity contribution in [3.63, 3.8) is 0 Å². The van der Waals surface area contributed by atoms with Crippen LogP contribution in [-0.2, 0) is 0 Å². The molecule has 0 fully saturated rings. The number of anilines is 1. The summed E-state index contributed by atoms with van der Waals surface area (Å²) in [5.74, 6) is -0.648. The van der Waals surface area contributed by atoms with Crippen LogP contribution in [0.3, 0.4) is 0 Å². The highest BCUT2D eigenvalue weighted by Crippen LogP contribution is 2.29. The number of nitro groups is 1. The van der Waals surface area contributed by atoms with Crippen LogP contribution in [0.15, 0.2) is 60.1 Å². The molecule has 0 saturated carbocycles. The number of hydrogen-bond donors (Lipinski definition) is 2. The van der Waals surface area contributed by atoms with Crippen LogP contribution < -0.4 is 5.32 Å². The average molecular weight is 409 g/mol. The highest BCUT2D eigenvalue weighted by molar-refractivity contribution is 7.13. The van der Waals surface area contributed by atoms with Gasteiger partial charge >= 0.3 is 0 Å². The molecule has 2 aromatic carbocycles. The molecule has 0 aliphatic rings. The second-order valence-corrected chi connectivity index (χ2v) is 6.81. The van der Waals surface area contributed by atoms with Crippen LogP contribution in [0.1, 0.15) is 10.5 Å². The van der Waals surface area contributed by atoms with Crippen molar-refractivity contribution >= 4 is 28.1 Å². The number of H-pyrrole nitrogens is 1. The molecule has 29 heavy (non-hydrogen) atoms. The first-order valence-corrected chi connectivity index (χ1v) is 9.21. The first-order chi connectivity index (χ1) is 14.0. The van der Waals surface area contributed by atoms with Gasteiger partial charge in [-0.15, -0.1) is 11.3 Å². The topological polar surface area (TPSA) is 114 Å². The van der Waals surface area contributed by atoms with Crippen molar-refractivity contribution in [2.24, 2.45) is 0 Å². The molecule has 0 bridgehead atoms. The summed E-state index contributed by atoms with van der Waals surface area (Å²) >= 11 is 1.25. The van der Waals surface area contributed by atoms with Gasteiger partial charge in [-0.2, -0.15) is 0 Å². The van der Waals surface area contributed by atoms with Crippen LogP contribution in [-0.4, -0.2) is 25.8 Å².